The van der Waals surface area contributed by atoms with Crippen LogP contribution in [0.4, 0.5) is 0 Å². The van der Waals surface area contributed by atoms with Gasteiger partial charge in [-0.3, -0.25) is 4.79 Å². The second-order valence-corrected chi connectivity index (χ2v) is 9.73. The monoisotopic (exact) mass is 504 g/mol. The molecule has 0 heterocycles. The first-order chi connectivity index (χ1) is 14.5. The van der Waals surface area contributed by atoms with Gasteiger partial charge >= 0.3 is 5.97 Å². The van der Waals surface area contributed by atoms with Crippen LogP contribution < -0.4 is 0 Å². The molecule has 0 atom stereocenters. The Balaban J connectivity index is 0. The molecule has 0 bridgehead atoms. The third-order valence-electron chi connectivity index (χ3n) is 6.12. The Morgan fingerprint density at radius 2 is 1.23 bits per heavy atom. The lowest BCUT2D eigenvalue weighted by atomic mass is 10.1. The van der Waals surface area contributed by atoms with Crippen LogP contribution in [0.25, 0.3) is 0 Å². The maximum Gasteiger partial charge on any atom is 0.305 e. The van der Waals surface area contributed by atoms with Gasteiger partial charge in [-0.25, -0.2) is 0 Å². The van der Waals surface area contributed by atoms with Gasteiger partial charge in [-0.1, -0.05) is 90.0 Å². The van der Waals surface area contributed by atoms with E-state index in [1.54, 1.807) is 0 Å². The van der Waals surface area contributed by atoms with Gasteiger partial charge in [0, 0.05) is 6.42 Å². The lowest BCUT2D eigenvalue weighted by Gasteiger charge is -2.29. The number of hydrogen-bond acceptors (Lipinski definition) is 2. The Labute approximate surface area is 205 Å². The molecule has 0 aromatic carbocycles. The number of carbonyl (C=O) groups is 1. The van der Waals surface area contributed by atoms with E-state index in [-0.39, 0.29) is 23.0 Å². The van der Waals surface area contributed by atoms with Crippen LogP contribution in [0.1, 0.15) is 122 Å². The van der Waals surface area contributed by atoms with E-state index >= 15 is 0 Å². The van der Waals surface area contributed by atoms with E-state index in [1.807, 2.05) is 6.08 Å². The molecule has 0 radical (unpaired) electrons. The maximum absolute atomic E-state index is 11.9. The minimum atomic E-state index is -0.0133. The van der Waals surface area contributed by atoms with Gasteiger partial charge in [-0.05, 0) is 32.1 Å². The number of allylic oxidation sites excluding steroid dienone is 1. The Morgan fingerprint density at radius 1 is 0.742 bits per heavy atom. The van der Waals surface area contributed by atoms with E-state index < -0.39 is 0 Å². The molecule has 0 spiro atoms. The summed E-state index contributed by atoms with van der Waals surface area (Å²) in [5, 5.41) is 0. The van der Waals surface area contributed by atoms with Crippen molar-refractivity contribution in [3.63, 3.8) is 0 Å². The summed E-state index contributed by atoms with van der Waals surface area (Å²) in [5.74, 6) is -0.0133. The summed E-state index contributed by atoms with van der Waals surface area (Å²) >= 11 is 0. The van der Waals surface area contributed by atoms with E-state index in [0.29, 0.717) is 13.0 Å². The molecular weight excluding hydrogens is 450 g/mol. The zero-order valence-electron chi connectivity index (χ0n) is 21.3. The van der Waals surface area contributed by atoms with Crippen molar-refractivity contribution in [3.8, 4) is 0 Å². The topological polar surface area (TPSA) is 26.3 Å². The van der Waals surface area contributed by atoms with Crippen LogP contribution in [-0.4, -0.2) is 44.2 Å². The minimum absolute atomic E-state index is 0. The second-order valence-electron chi connectivity index (χ2n) is 9.73. The van der Waals surface area contributed by atoms with Crippen LogP contribution in [0.3, 0.4) is 0 Å². The molecule has 0 fully saturated rings. The highest BCUT2D eigenvalue weighted by Crippen LogP contribution is 2.12. The molecule has 0 aliphatic carbocycles. The molecule has 0 aliphatic rings. The van der Waals surface area contributed by atoms with Crippen molar-refractivity contribution in [2.45, 2.75) is 122 Å². The number of carbonyl (C=O) groups excluding carboxylic acids is 1. The summed E-state index contributed by atoms with van der Waals surface area (Å²) in [5.41, 5.74) is 0. The zero-order chi connectivity index (χ0) is 22.3. The first-order valence-electron chi connectivity index (χ1n) is 13.1. The van der Waals surface area contributed by atoms with Gasteiger partial charge < -0.3 is 9.22 Å². The highest BCUT2D eigenvalue weighted by atomic mass is 79.9. The molecule has 3 nitrogen and oxygen atoms in total. The van der Waals surface area contributed by atoms with E-state index in [4.69, 9.17) is 4.74 Å². The quantitative estimate of drug-likeness (QED) is 0.0603. The summed E-state index contributed by atoms with van der Waals surface area (Å²) in [6.45, 7) is 8.69. The average molecular weight is 506 g/mol. The van der Waals surface area contributed by atoms with Gasteiger partial charge in [0.25, 0.3) is 0 Å². The van der Waals surface area contributed by atoms with Crippen molar-refractivity contribution < 1.29 is 14.0 Å². The Bertz CT molecular complexity index is 399. The number of likely N-dealkylation sites (N-methyl/N-ethyl adjacent to an activating group) is 1. The van der Waals surface area contributed by atoms with Gasteiger partial charge in [0.2, 0.25) is 0 Å². The third-order valence-corrected chi connectivity index (χ3v) is 6.12. The highest BCUT2D eigenvalue weighted by molar-refractivity contribution is 8.93. The van der Waals surface area contributed by atoms with E-state index in [9.17, 15) is 4.79 Å². The lowest BCUT2D eigenvalue weighted by molar-refractivity contribution is -0.890. The number of esters is 1. The minimum Gasteiger partial charge on any atom is -0.460 e. The average Bonchev–Trinajstić information content (AvgIpc) is 2.71. The van der Waals surface area contributed by atoms with Crippen LogP contribution in [-0.2, 0) is 9.53 Å². The summed E-state index contributed by atoms with van der Waals surface area (Å²) in [6.07, 6.45) is 24.6. The molecule has 186 valence electrons. The molecule has 0 N–H and O–H groups in total. The lowest BCUT2D eigenvalue weighted by Crippen LogP contribution is -2.43. The molecule has 31 heavy (non-hydrogen) atoms. The molecule has 0 amide bonds. The largest absolute Gasteiger partial charge is 0.460 e. The van der Waals surface area contributed by atoms with Gasteiger partial charge in [-0.15, -0.1) is 23.6 Å². The number of ether oxygens (including phenoxy) is 1. The van der Waals surface area contributed by atoms with Crippen molar-refractivity contribution in [2.75, 3.05) is 33.8 Å². The molecule has 0 rings (SSSR count). The number of nitrogens with zero attached hydrogens (tertiary/aromatic N) is 1. The standard InChI is InChI=1S/C27H54NO2.BrH/c1-5-7-9-11-13-15-16-18-20-22-24-28(3,4)25-26-30-27(29)23-21-19-17-14-12-10-8-6-2;/h6H,2,5,7-26H2,1,3-4H3;1H/q+1;. The Kier molecular flexibility index (Phi) is 25.7. The smallest absolute Gasteiger partial charge is 0.305 e. The van der Waals surface area contributed by atoms with Crippen molar-refractivity contribution in [1.82, 2.24) is 0 Å². The van der Waals surface area contributed by atoms with Gasteiger partial charge in [-0.2, -0.15) is 0 Å². The van der Waals surface area contributed by atoms with Crippen molar-refractivity contribution in [1.29, 1.82) is 0 Å². The molecule has 0 saturated carbocycles. The summed E-state index contributed by atoms with van der Waals surface area (Å²) < 4.78 is 6.42. The van der Waals surface area contributed by atoms with Crippen LogP contribution in [0.5, 0.6) is 0 Å². The molecule has 0 saturated heterocycles. The van der Waals surface area contributed by atoms with Crippen LogP contribution in [0.15, 0.2) is 12.7 Å². The summed E-state index contributed by atoms with van der Waals surface area (Å²) in [4.78, 5) is 11.9. The predicted octanol–water partition coefficient (Wildman–Crippen LogP) is 8.41. The first kappa shape index (κ1) is 32.8. The normalized spacial score (nSPS) is 11.2. The zero-order valence-corrected chi connectivity index (χ0v) is 23.0. The summed E-state index contributed by atoms with van der Waals surface area (Å²) in [6, 6.07) is 0. The van der Waals surface area contributed by atoms with Crippen molar-refractivity contribution in [2.24, 2.45) is 0 Å². The number of rotatable bonds is 23. The molecule has 0 aromatic rings. The van der Waals surface area contributed by atoms with Crippen molar-refractivity contribution >= 4 is 23.0 Å². The Hall–Kier alpha value is -0.350. The maximum atomic E-state index is 11.9. The van der Waals surface area contributed by atoms with Gasteiger partial charge in [0.15, 0.2) is 0 Å². The fraction of sp³-hybridized carbons (Fsp3) is 0.889. The number of quaternary nitrogens is 1. The fourth-order valence-corrected chi connectivity index (χ4v) is 3.88. The molecule has 0 aliphatic heterocycles. The molecule has 0 aromatic heterocycles. The van der Waals surface area contributed by atoms with Gasteiger partial charge in [0.05, 0.1) is 20.6 Å². The van der Waals surface area contributed by atoms with Crippen LogP contribution >= 0.6 is 17.0 Å². The molecule has 4 heteroatoms. The SMILES string of the molecule is Br.C=CCCCCCCCCC(=O)OCC[N+](C)(C)CCCCCCCCCCCC. The summed E-state index contributed by atoms with van der Waals surface area (Å²) in [7, 11) is 4.52. The number of hydrogen-bond donors (Lipinski definition) is 0. The van der Waals surface area contributed by atoms with Crippen molar-refractivity contribution in [3.05, 3.63) is 12.7 Å². The highest BCUT2D eigenvalue weighted by Gasteiger charge is 2.15. The number of halogens is 1. The molecule has 0 unspecified atom stereocenters. The van der Waals surface area contributed by atoms with Gasteiger partial charge in [0.1, 0.15) is 13.2 Å². The van der Waals surface area contributed by atoms with E-state index in [2.05, 4.69) is 27.6 Å². The Morgan fingerprint density at radius 3 is 1.77 bits per heavy atom. The second kappa shape index (κ2) is 24.3. The number of unbranched alkanes of at least 4 members (excludes halogenated alkanes) is 15. The molecular formula is C27H55BrNO2+. The van der Waals surface area contributed by atoms with Crippen LogP contribution in [0, 0.1) is 0 Å². The van der Waals surface area contributed by atoms with E-state index in [0.717, 1.165) is 30.3 Å². The predicted molar refractivity (Wildman–Crippen MR) is 142 cm³/mol. The fourth-order valence-electron chi connectivity index (χ4n) is 3.88. The first-order valence-corrected chi connectivity index (χ1v) is 13.1. The van der Waals surface area contributed by atoms with E-state index in [1.165, 1.54) is 96.4 Å². The third kappa shape index (κ3) is 25.8. The van der Waals surface area contributed by atoms with Crippen LogP contribution in [0.2, 0.25) is 0 Å².